The number of ether oxygens (including phenoxy) is 2. The number of fused-ring (bicyclic) bond motifs is 1. The van der Waals surface area contributed by atoms with E-state index >= 15 is 0 Å². The highest BCUT2D eigenvalue weighted by atomic mass is 35.5. The minimum Gasteiger partial charge on any atom is -0.460 e. The van der Waals surface area contributed by atoms with E-state index < -0.39 is 0 Å². The lowest BCUT2D eigenvalue weighted by molar-refractivity contribution is -0.687. The van der Waals surface area contributed by atoms with Crippen molar-refractivity contribution in [2.75, 3.05) is 5.73 Å². The van der Waals surface area contributed by atoms with Crippen molar-refractivity contribution in [2.24, 2.45) is 0 Å². The van der Waals surface area contributed by atoms with Gasteiger partial charge in [-0.25, -0.2) is 0 Å². The van der Waals surface area contributed by atoms with E-state index in [4.69, 9.17) is 38.4 Å². The third-order valence-corrected chi connectivity index (χ3v) is 4.80. The molecule has 142 valence electrons. The second-order valence-corrected chi connectivity index (χ2v) is 7.04. The van der Waals surface area contributed by atoms with Crippen molar-refractivity contribution >= 4 is 40.2 Å². The Bertz CT molecular complexity index is 1040. The SMILES string of the molecule is Nc1n(COc2cccc(Cl)c2)c2ccccc2[n+]1COc1cccc(Cl)c1. The molecule has 4 rings (SSSR count). The maximum atomic E-state index is 6.42. The molecule has 5 nitrogen and oxygen atoms in total. The molecule has 1 aromatic heterocycles. The summed E-state index contributed by atoms with van der Waals surface area (Å²) in [5.41, 5.74) is 8.30. The maximum Gasteiger partial charge on any atom is 0.361 e. The number of nitrogens with two attached hydrogens (primary N) is 1. The molecule has 2 N–H and O–H groups in total. The molecular weight excluding hydrogens is 397 g/mol. The molecule has 4 aromatic rings. The summed E-state index contributed by atoms with van der Waals surface area (Å²) in [5, 5.41) is 1.24. The van der Waals surface area contributed by atoms with E-state index in [0.717, 1.165) is 11.0 Å². The number of aromatic nitrogens is 2. The van der Waals surface area contributed by atoms with Crippen LogP contribution in [0.3, 0.4) is 0 Å². The summed E-state index contributed by atoms with van der Waals surface area (Å²) in [7, 11) is 0. The first-order chi connectivity index (χ1) is 13.6. The zero-order valence-corrected chi connectivity index (χ0v) is 16.4. The molecule has 7 heteroatoms. The molecule has 0 fully saturated rings. The number of halogens is 2. The number of para-hydroxylation sites is 2. The minimum absolute atomic E-state index is 0.247. The molecular formula is C21H18Cl2N3O2+. The Kier molecular flexibility index (Phi) is 5.28. The van der Waals surface area contributed by atoms with E-state index in [0.29, 0.717) is 27.5 Å². The molecule has 0 atom stereocenters. The number of rotatable bonds is 6. The highest BCUT2D eigenvalue weighted by molar-refractivity contribution is 6.31. The van der Waals surface area contributed by atoms with Crippen molar-refractivity contribution in [1.29, 1.82) is 0 Å². The number of hydrogen-bond donors (Lipinski definition) is 1. The summed E-state index contributed by atoms with van der Waals surface area (Å²) >= 11 is 12.1. The van der Waals surface area contributed by atoms with E-state index in [9.17, 15) is 0 Å². The Morgan fingerprint density at radius 3 is 2.14 bits per heavy atom. The third kappa shape index (κ3) is 3.86. The lowest BCUT2D eigenvalue weighted by Gasteiger charge is -2.07. The molecule has 0 saturated carbocycles. The molecule has 0 bridgehead atoms. The van der Waals surface area contributed by atoms with Gasteiger partial charge in [0.2, 0.25) is 13.5 Å². The molecule has 3 aromatic carbocycles. The molecule has 0 aliphatic heterocycles. The van der Waals surface area contributed by atoms with Crippen LogP contribution in [0.5, 0.6) is 11.5 Å². The second-order valence-electron chi connectivity index (χ2n) is 6.16. The van der Waals surface area contributed by atoms with Gasteiger partial charge in [0.1, 0.15) is 22.5 Å². The number of anilines is 1. The molecule has 0 amide bonds. The predicted molar refractivity (Wildman–Crippen MR) is 111 cm³/mol. The van der Waals surface area contributed by atoms with Gasteiger partial charge in [-0.05, 0) is 48.5 Å². The van der Waals surface area contributed by atoms with E-state index in [1.54, 1.807) is 24.3 Å². The molecule has 0 saturated heterocycles. The van der Waals surface area contributed by atoms with Crippen molar-refractivity contribution in [1.82, 2.24) is 4.57 Å². The highest BCUT2D eigenvalue weighted by Crippen LogP contribution is 2.21. The number of nitrogen functional groups attached to an aromatic ring is 1. The van der Waals surface area contributed by atoms with Crippen molar-refractivity contribution in [2.45, 2.75) is 13.5 Å². The molecule has 0 aliphatic carbocycles. The quantitative estimate of drug-likeness (QED) is 0.456. The molecule has 0 spiro atoms. The third-order valence-electron chi connectivity index (χ3n) is 4.33. The second kappa shape index (κ2) is 8.00. The van der Waals surface area contributed by atoms with Crippen LogP contribution in [-0.2, 0) is 13.5 Å². The van der Waals surface area contributed by atoms with Crippen LogP contribution in [0.15, 0.2) is 72.8 Å². The monoisotopic (exact) mass is 414 g/mol. The summed E-state index contributed by atoms with van der Waals surface area (Å²) < 4.78 is 15.5. The van der Waals surface area contributed by atoms with Crippen molar-refractivity contribution in [3.05, 3.63) is 82.8 Å². The van der Waals surface area contributed by atoms with Gasteiger partial charge in [-0.15, -0.1) is 0 Å². The zero-order chi connectivity index (χ0) is 19.5. The fourth-order valence-electron chi connectivity index (χ4n) is 2.98. The number of imidazole rings is 1. The van der Waals surface area contributed by atoms with Crippen LogP contribution in [0.2, 0.25) is 10.0 Å². The van der Waals surface area contributed by atoms with Gasteiger partial charge in [-0.3, -0.25) is 5.73 Å². The van der Waals surface area contributed by atoms with Gasteiger partial charge in [0.15, 0.2) is 0 Å². The number of nitrogens with zero attached hydrogens (tertiary/aromatic N) is 2. The molecule has 0 radical (unpaired) electrons. The molecule has 28 heavy (non-hydrogen) atoms. The Hall–Kier alpha value is -2.89. The number of hydrogen-bond acceptors (Lipinski definition) is 3. The van der Waals surface area contributed by atoms with E-state index in [1.807, 2.05) is 57.7 Å². The fraction of sp³-hybridized carbons (Fsp3) is 0.0952. The Balaban J connectivity index is 1.61. The molecule has 0 unspecified atom stereocenters. The minimum atomic E-state index is 0.247. The first kappa shape index (κ1) is 18.5. The number of benzene rings is 3. The van der Waals surface area contributed by atoms with Gasteiger partial charge in [0.25, 0.3) is 0 Å². The average Bonchev–Trinajstić information content (AvgIpc) is 2.96. The molecule has 0 aliphatic rings. The van der Waals surface area contributed by atoms with Crippen LogP contribution in [-0.4, -0.2) is 4.57 Å². The van der Waals surface area contributed by atoms with Crippen molar-refractivity contribution in [3.63, 3.8) is 0 Å². The summed E-state index contributed by atoms with van der Waals surface area (Å²) in [6, 6.07) is 22.4. The highest BCUT2D eigenvalue weighted by Gasteiger charge is 2.21. The van der Waals surface area contributed by atoms with Gasteiger partial charge in [-0.1, -0.05) is 47.5 Å². The first-order valence-electron chi connectivity index (χ1n) is 8.65. The van der Waals surface area contributed by atoms with Crippen molar-refractivity contribution in [3.8, 4) is 11.5 Å². The Morgan fingerprint density at radius 2 is 1.46 bits per heavy atom. The first-order valence-corrected chi connectivity index (χ1v) is 9.41. The standard InChI is InChI=1S/C21H17Cl2N3O2/c22-15-5-3-7-17(11-15)27-13-25-19-9-1-2-10-20(19)26(21(25)24)14-28-18-8-4-6-16(23)12-18/h1-12,24H,13-14H2/p+1. The van der Waals surface area contributed by atoms with Gasteiger partial charge in [0, 0.05) is 10.0 Å². The lowest BCUT2D eigenvalue weighted by Crippen LogP contribution is -2.39. The van der Waals surface area contributed by atoms with Crippen LogP contribution in [0.25, 0.3) is 11.0 Å². The molecule has 1 heterocycles. The van der Waals surface area contributed by atoms with Crippen LogP contribution in [0, 0.1) is 0 Å². The van der Waals surface area contributed by atoms with Crippen LogP contribution in [0.1, 0.15) is 0 Å². The van der Waals surface area contributed by atoms with Crippen LogP contribution in [0.4, 0.5) is 5.95 Å². The van der Waals surface area contributed by atoms with Gasteiger partial charge >= 0.3 is 5.95 Å². The van der Waals surface area contributed by atoms with E-state index in [2.05, 4.69) is 0 Å². The Labute approximate surface area is 172 Å². The van der Waals surface area contributed by atoms with E-state index in [1.165, 1.54) is 0 Å². The largest absolute Gasteiger partial charge is 0.460 e. The summed E-state index contributed by atoms with van der Waals surface area (Å²) in [6.07, 6.45) is 0. The van der Waals surface area contributed by atoms with Crippen LogP contribution < -0.4 is 19.8 Å². The topological polar surface area (TPSA) is 53.3 Å². The predicted octanol–water partition coefficient (Wildman–Crippen LogP) is 4.89. The van der Waals surface area contributed by atoms with Crippen molar-refractivity contribution < 1.29 is 14.0 Å². The van der Waals surface area contributed by atoms with E-state index in [-0.39, 0.29) is 13.5 Å². The summed E-state index contributed by atoms with van der Waals surface area (Å²) in [5.74, 6) is 1.86. The fourth-order valence-corrected chi connectivity index (χ4v) is 3.34. The van der Waals surface area contributed by atoms with Gasteiger partial charge in [-0.2, -0.15) is 9.13 Å². The zero-order valence-electron chi connectivity index (χ0n) is 14.9. The maximum absolute atomic E-state index is 6.42. The summed E-state index contributed by atoms with van der Waals surface area (Å²) in [4.78, 5) is 0. The average molecular weight is 415 g/mol. The van der Waals surface area contributed by atoms with Crippen LogP contribution >= 0.6 is 23.2 Å². The van der Waals surface area contributed by atoms with Gasteiger partial charge < -0.3 is 9.47 Å². The van der Waals surface area contributed by atoms with Gasteiger partial charge in [0.05, 0.1) is 0 Å². The smallest absolute Gasteiger partial charge is 0.361 e. The summed E-state index contributed by atoms with van der Waals surface area (Å²) in [6.45, 7) is 0.494. The Morgan fingerprint density at radius 1 is 0.821 bits per heavy atom. The normalized spacial score (nSPS) is 10.9. The lowest BCUT2D eigenvalue weighted by atomic mass is 10.3.